The SMILES string of the molecule is Cn1nc(-c2cccc(O)c2)nc1Cl. The van der Waals surface area contributed by atoms with Crippen LogP contribution in [-0.2, 0) is 7.05 Å². The fourth-order valence-corrected chi connectivity index (χ4v) is 1.25. The predicted molar refractivity (Wildman–Crippen MR) is 53.1 cm³/mol. The molecule has 0 saturated heterocycles. The lowest BCUT2D eigenvalue weighted by molar-refractivity contribution is 0.475. The molecule has 0 aliphatic heterocycles. The van der Waals surface area contributed by atoms with Crippen molar-refractivity contribution in [3.63, 3.8) is 0 Å². The summed E-state index contributed by atoms with van der Waals surface area (Å²) in [4.78, 5) is 4.03. The summed E-state index contributed by atoms with van der Waals surface area (Å²) in [5, 5.41) is 13.7. The number of rotatable bonds is 1. The normalized spacial score (nSPS) is 10.4. The summed E-state index contributed by atoms with van der Waals surface area (Å²) < 4.78 is 1.47. The number of phenolic OH excluding ortho intramolecular Hbond substituents is 1. The van der Waals surface area contributed by atoms with Crippen LogP contribution in [0, 0.1) is 0 Å². The molecule has 0 aliphatic rings. The minimum absolute atomic E-state index is 0.186. The van der Waals surface area contributed by atoms with Gasteiger partial charge in [0.25, 0.3) is 0 Å². The topological polar surface area (TPSA) is 50.9 Å². The molecule has 0 radical (unpaired) electrons. The molecule has 0 spiro atoms. The van der Waals surface area contributed by atoms with Gasteiger partial charge in [-0.2, -0.15) is 4.98 Å². The van der Waals surface area contributed by atoms with E-state index in [1.165, 1.54) is 4.68 Å². The summed E-state index contributed by atoms with van der Waals surface area (Å²) in [5.41, 5.74) is 0.743. The first-order valence-electron chi connectivity index (χ1n) is 4.03. The number of aromatic hydroxyl groups is 1. The summed E-state index contributed by atoms with van der Waals surface area (Å²) in [6.45, 7) is 0. The van der Waals surface area contributed by atoms with Crippen molar-refractivity contribution in [3.8, 4) is 17.1 Å². The van der Waals surface area contributed by atoms with Crippen molar-refractivity contribution in [3.05, 3.63) is 29.5 Å². The first-order valence-corrected chi connectivity index (χ1v) is 4.40. The van der Waals surface area contributed by atoms with Gasteiger partial charge in [0.05, 0.1) is 0 Å². The van der Waals surface area contributed by atoms with E-state index in [9.17, 15) is 5.11 Å². The lowest BCUT2D eigenvalue weighted by Gasteiger charge is -1.95. The lowest BCUT2D eigenvalue weighted by atomic mass is 10.2. The molecular formula is C9H8ClN3O. The molecule has 1 heterocycles. The van der Waals surface area contributed by atoms with Crippen molar-refractivity contribution < 1.29 is 5.11 Å². The molecule has 14 heavy (non-hydrogen) atoms. The van der Waals surface area contributed by atoms with Crippen LogP contribution in [0.5, 0.6) is 5.75 Å². The van der Waals surface area contributed by atoms with Crippen molar-refractivity contribution in [2.75, 3.05) is 0 Å². The zero-order valence-corrected chi connectivity index (χ0v) is 8.23. The van der Waals surface area contributed by atoms with Gasteiger partial charge in [-0.05, 0) is 23.7 Å². The van der Waals surface area contributed by atoms with Crippen LogP contribution in [0.3, 0.4) is 0 Å². The Balaban J connectivity index is 2.49. The summed E-state index contributed by atoms with van der Waals surface area (Å²) >= 11 is 5.75. The summed E-state index contributed by atoms with van der Waals surface area (Å²) in [7, 11) is 1.71. The highest BCUT2D eigenvalue weighted by molar-refractivity contribution is 6.28. The Hall–Kier alpha value is -1.55. The number of benzene rings is 1. The van der Waals surface area contributed by atoms with Gasteiger partial charge in [0.15, 0.2) is 5.82 Å². The maximum Gasteiger partial charge on any atom is 0.221 e. The minimum Gasteiger partial charge on any atom is -0.508 e. The molecule has 0 aliphatic carbocycles. The van der Waals surface area contributed by atoms with E-state index in [0.29, 0.717) is 11.1 Å². The maximum atomic E-state index is 9.26. The van der Waals surface area contributed by atoms with Gasteiger partial charge in [-0.3, -0.25) is 0 Å². The Morgan fingerprint density at radius 1 is 1.43 bits per heavy atom. The van der Waals surface area contributed by atoms with E-state index in [1.54, 1.807) is 25.2 Å². The van der Waals surface area contributed by atoms with Crippen molar-refractivity contribution in [1.29, 1.82) is 0 Å². The van der Waals surface area contributed by atoms with E-state index in [0.717, 1.165) is 5.56 Å². The van der Waals surface area contributed by atoms with E-state index in [4.69, 9.17) is 11.6 Å². The van der Waals surface area contributed by atoms with E-state index < -0.39 is 0 Å². The molecule has 1 aromatic heterocycles. The van der Waals surface area contributed by atoms with Gasteiger partial charge in [0, 0.05) is 12.6 Å². The van der Waals surface area contributed by atoms with E-state index in [2.05, 4.69) is 10.1 Å². The van der Waals surface area contributed by atoms with E-state index in [-0.39, 0.29) is 5.75 Å². The number of aromatic nitrogens is 3. The van der Waals surface area contributed by atoms with Crippen LogP contribution in [0.15, 0.2) is 24.3 Å². The highest BCUT2D eigenvalue weighted by Crippen LogP contribution is 2.21. The molecule has 5 heteroatoms. The van der Waals surface area contributed by atoms with Crippen molar-refractivity contribution in [1.82, 2.24) is 14.8 Å². The minimum atomic E-state index is 0.186. The van der Waals surface area contributed by atoms with Crippen LogP contribution < -0.4 is 0 Å². The fraction of sp³-hybridized carbons (Fsp3) is 0.111. The van der Waals surface area contributed by atoms with Gasteiger partial charge in [-0.25, -0.2) is 4.68 Å². The summed E-state index contributed by atoms with van der Waals surface area (Å²) in [5.74, 6) is 0.694. The highest BCUT2D eigenvalue weighted by atomic mass is 35.5. The third kappa shape index (κ3) is 1.56. The molecule has 0 unspecified atom stereocenters. The second-order valence-corrected chi connectivity index (χ2v) is 3.22. The van der Waals surface area contributed by atoms with Crippen LogP contribution in [-0.4, -0.2) is 19.9 Å². The Morgan fingerprint density at radius 3 is 2.79 bits per heavy atom. The fourth-order valence-electron chi connectivity index (χ4n) is 1.13. The second kappa shape index (κ2) is 3.31. The first-order chi connectivity index (χ1) is 6.66. The molecule has 72 valence electrons. The summed E-state index contributed by atoms with van der Waals surface area (Å²) in [6, 6.07) is 6.72. The van der Waals surface area contributed by atoms with E-state index in [1.807, 2.05) is 6.07 Å². The first kappa shape index (κ1) is 9.02. The van der Waals surface area contributed by atoms with Gasteiger partial charge in [0.1, 0.15) is 5.75 Å². The molecular weight excluding hydrogens is 202 g/mol. The van der Waals surface area contributed by atoms with Crippen molar-refractivity contribution in [2.24, 2.45) is 7.05 Å². The Bertz CT molecular complexity index is 447. The van der Waals surface area contributed by atoms with Gasteiger partial charge < -0.3 is 5.11 Å². The van der Waals surface area contributed by atoms with Crippen LogP contribution in [0.1, 0.15) is 0 Å². The number of phenols is 1. The number of nitrogens with zero attached hydrogens (tertiary/aromatic N) is 3. The predicted octanol–water partition coefficient (Wildman–Crippen LogP) is 1.84. The third-order valence-corrected chi connectivity index (χ3v) is 2.14. The average Bonchev–Trinajstić information content (AvgIpc) is 2.47. The van der Waals surface area contributed by atoms with E-state index >= 15 is 0 Å². The van der Waals surface area contributed by atoms with Gasteiger partial charge in [-0.1, -0.05) is 12.1 Å². The van der Waals surface area contributed by atoms with Crippen LogP contribution in [0.25, 0.3) is 11.4 Å². The molecule has 1 N–H and O–H groups in total. The Labute approximate surface area is 85.8 Å². The molecule has 0 bridgehead atoms. The molecule has 0 atom stereocenters. The van der Waals surface area contributed by atoms with Gasteiger partial charge >= 0.3 is 0 Å². The molecule has 2 rings (SSSR count). The lowest BCUT2D eigenvalue weighted by Crippen LogP contribution is -1.89. The average molecular weight is 210 g/mol. The van der Waals surface area contributed by atoms with Crippen LogP contribution in [0.2, 0.25) is 5.28 Å². The molecule has 0 saturated carbocycles. The van der Waals surface area contributed by atoms with Crippen LogP contribution >= 0.6 is 11.6 Å². The quantitative estimate of drug-likeness (QED) is 0.780. The van der Waals surface area contributed by atoms with Crippen molar-refractivity contribution in [2.45, 2.75) is 0 Å². The second-order valence-electron chi connectivity index (χ2n) is 2.88. The van der Waals surface area contributed by atoms with Gasteiger partial charge in [-0.15, -0.1) is 5.10 Å². The van der Waals surface area contributed by atoms with Crippen LogP contribution in [0.4, 0.5) is 0 Å². The number of hydrogen-bond donors (Lipinski definition) is 1. The number of halogens is 1. The number of aryl methyl sites for hydroxylation is 1. The number of hydrogen-bond acceptors (Lipinski definition) is 3. The standard InChI is InChI=1S/C9H8ClN3O/c1-13-9(10)11-8(12-13)6-3-2-4-7(14)5-6/h2-5,14H,1H3. The third-order valence-electron chi connectivity index (χ3n) is 1.81. The molecule has 1 aromatic carbocycles. The zero-order chi connectivity index (χ0) is 10.1. The Kier molecular flexibility index (Phi) is 2.13. The van der Waals surface area contributed by atoms with Crippen molar-refractivity contribution >= 4 is 11.6 Å². The highest BCUT2D eigenvalue weighted by Gasteiger charge is 2.07. The summed E-state index contributed by atoms with van der Waals surface area (Å²) in [6.07, 6.45) is 0. The molecule has 0 amide bonds. The molecule has 2 aromatic rings. The zero-order valence-electron chi connectivity index (χ0n) is 7.48. The Morgan fingerprint density at radius 2 is 2.21 bits per heavy atom. The monoisotopic (exact) mass is 209 g/mol. The molecule has 4 nitrogen and oxygen atoms in total. The largest absolute Gasteiger partial charge is 0.508 e. The van der Waals surface area contributed by atoms with Gasteiger partial charge in [0.2, 0.25) is 5.28 Å². The maximum absolute atomic E-state index is 9.26. The molecule has 0 fully saturated rings. The smallest absolute Gasteiger partial charge is 0.221 e.